The van der Waals surface area contributed by atoms with Crippen molar-refractivity contribution in [1.29, 1.82) is 0 Å². The van der Waals surface area contributed by atoms with Gasteiger partial charge in [-0.25, -0.2) is 8.42 Å². The standard InChI is InChI=1S/C14H15NO4S/c1-11(19-13-5-3-2-4-6-13)15-20(17,18)14-9-7-12(16)8-10-14/h2-11,15-16H,1H3. The molecule has 5 nitrogen and oxygen atoms in total. The lowest BCUT2D eigenvalue weighted by molar-refractivity contribution is 0.210. The minimum Gasteiger partial charge on any atom is -0.508 e. The van der Waals surface area contributed by atoms with Crippen molar-refractivity contribution < 1.29 is 18.3 Å². The van der Waals surface area contributed by atoms with Crippen LogP contribution < -0.4 is 9.46 Å². The van der Waals surface area contributed by atoms with Crippen LogP contribution >= 0.6 is 0 Å². The van der Waals surface area contributed by atoms with Gasteiger partial charge in [0.05, 0.1) is 4.90 Å². The molecule has 2 aromatic carbocycles. The maximum atomic E-state index is 12.1. The van der Waals surface area contributed by atoms with Crippen molar-refractivity contribution in [3.05, 3.63) is 54.6 Å². The van der Waals surface area contributed by atoms with Crippen LogP contribution in [-0.2, 0) is 10.0 Å². The molecule has 0 fully saturated rings. The topological polar surface area (TPSA) is 75.6 Å². The minimum absolute atomic E-state index is 0.0116. The van der Waals surface area contributed by atoms with E-state index in [1.807, 2.05) is 6.07 Å². The summed E-state index contributed by atoms with van der Waals surface area (Å²) in [5.74, 6) is 0.589. The van der Waals surface area contributed by atoms with Crippen molar-refractivity contribution >= 4 is 10.0 Å². The zero-order chi connectivity index (χ0) is 14.6. The summed E-state index contributed by atoms with van der Waals surface area (Å²) < 4.78 is 32.0. The molecule has 0 aliphatic carbocycles. The fourth-order valence-electron chi connectivity index (χ4n) is 1.64. The normalized spacial score (nSPS) is 12.8. The first-order valence-electron chi connectivity index (χ1n) is 6.00. The van der Waals surface area contributed by atoms with E-state index in [0.717, 1.165) is 0 Å². The molecule has 0 saturated carbocycles. The summed E-state index contributed by atoms with van der Waals surface area (Å²) in [7, 11) is -3.68. The van der Waals surface area contributed by atoms with Gasteiger partial charge in [0.25, 0.3) is 0 Å². The summed E-state index contributed by atoms with van der Waals surface area (Å²) in [5, 5.41) is 9.16. The molecule has 0 heterocycles. The smallest absolute Gasteiger partial charge is 0.243 e. The van der Waals surface area contributed by atoms with E-state index in [1.54, 1.807) is 31.2 Å². The number of phenolic OH excluding ortho intramolecular Hbond substituents is 1. The Morgan fingerprint density at radius 3 is 2.25 bits per heavy atom. The Morgan fingerprint density at radius 1 is 1.05 bits per heavy atom. The highest BCUT2D eigenvalue weighted by Crippen LogP contribution is 2.15. The average Bonchev–Trinajstić information content (AvgIpc) is 2.39. The molecule has 2 aromatic rings. The average molecular weight is 293 g/mol. The molecule has 1 unspecified atom stereocenters. The van der Waals surface area contributed by atoms with Crippen molar-refractivity contribution in [2.75, 3.05) is 0 Å². The maximum absolute atomic E-state index is 12.1. The van der Waals surface area contributed by atoms with E-state index in [4.69, 9.17) is 9.84 Å². The molecular weight excluding hydrogens is 278 g/mol. The van der Waals surface area contributed by atoms with Gasteiger partial charge >= 0.3 is 0 Å². The minimum atomic E-state index is -3.68. The van der Waals surface area contributed by atoms with Crippen LogP contribution in [0.5, 0.6) is 11.5 Å². The Labute approximate surface area is 117 Å². The van der Waals surface area contributed by atoms with Crippen molar-refractivity contribution in [3.8, 4) is 11.5 Å². The van der Waals surface area contributed by atoms with Crippen LogP contribution in [0.25, 0.3) is 0 Å². The molecule has 2 N–H and O–H groups in total. The Balaban J connectivity index is 2.06. The monoisotopic (exact) mass is 293 g/mol. The third-order valence-corrected chi connectivity index (χ3v) is 4.06. The molecule has 0 spiro atoms. The number of nitrogens with one attached hydrogen (secondary N) is 1. The van der Waals surface area contributed by atoms with Gasteiger partial charge in [-0.2, -0.15) is 4.72 Å². The van der Waals surface area contributed by atoms with Crippen LogP contribution in [0.15, 0.2) is 59.5 Å². The summed E-state index contributed by atoms with van der Waals surface area (Å²) in [4.78, 5) is 0.0683. The van der Waals surface area contributed by atoms with Crippen LogP contribution in [0, 0.1) is 0 Å². The van der Waals surface area contributed by atoms with Crippen molar-refractivity contribution in [1.82, 2.24) is 4.72 Å². The molecule has 6 heteroatoms. The lowest BCUT2D eigenvalue weighted by atomic mass is 10.3. The number of hydrogen-bond donors (Lipinski definition) is 2. The van der Waals surface area contributed by atoms with E-state index >= 15 is 0 Å². The van der Waals surface area contributed by atoms with E-state index in [9.17, 15) is 8.42 Å². The second-order valence-corrected chi connectivity index (χ2v) is 5.90. The van der Waals surface area contributed by atoms with Gasteiger partial charge in [-0.15, -0.1) is 0 Å². The zero-order valence-corrected chi connectivity index (χ0v) is 11.7. The van der Waals surface area contributed by atoms with Crippen LogP contribution in [0.1, 0.15) is 6.92 Å². The first-order valence-corrected chi connectivity index (χ1v) is 7.49. The Hall–Kier alpha value is -2.05. The summed E-state index contributed by atoms with van der Waals surface area (Å²) in [6.45, 7) is 1.60. The lowest BCUT2D eigenvalue weighted by Gasteiger charge is -2.16. The first kappa shape index (κ1) is 14.4. The Bertz CT molecular complexity index is 653. The predicted molar refractivity (Wildman–Crippen MR) is 75.0 cm³/mol. The number of benzene rings is 2. The Morgan fingerprint density at radius 2 is 1.65 bits per heavy atom. The van der Waals surface area contributed by atoms with Crippen molar-refractivity contribution in [3.63, 3.8) is 0 Å². The maximum Gasteiger partial charge on any atom is 0.243 e. The van der Waals surface area contributed by atoms with Gasteiger partial charge in [-0.3, -0.25) is 0 Å². The van der Waals surface area contributed by atoms with Crippen molar-refractivity contribution in [2.24, 2.45) is 0 Å². The second-order valence-electron chi connectivity index (χ2n) is 4.19. The summed E-state index contributed by atoms with van der Waals surface area (Å²) in [6, 6.07) is 14.2. The summed E-state index contributed by atoms with van der Waals surface area (Å²) in [5.41, 5.74) is 0. The largest absolute Gasteiger partial charge is 0.508 e. The molecular formula is C14H15NO4S. The van der Waals surface area contributed by atoms with E-state index in [-0.39, 0.29) is 10.6 Å². The molecule has 0 bridgehead atoms. The Kier molecular flexibility index (Phi) is 4.26. The second kappa shape index (κ2) is 5.94. The van der Waals surface area contributed by atoms with Crippen LogP contribution in [0.2, 0.25) is 0 Å². The molecule has 106 valence electrons. The molecule has 0 aliphatic heterocycles. The molecule has 0 amide bonds. The van der Waals surface area contributed by atoms with E-state index < -0.39 is 16.3 Å². The van der Waals surface area contributed by atoms with Crippen molar-refractivity contribution in [2.45, 2.75) is 18.0 Å². The molecule has 0 aromatic heterocycles. The van der Waals surface area contributed by atoms with Gasteiger partial charge in [0, 0.05) is 0 Å². The summed E-state index contributed by atoms with van der Waals surface area (Å²) in [6.07, 6.45) is -0.712. The van der Waals surface area contributed by atoms with Gasteiger partial charge in [0.1, 0.15) is 11.5 Å². The third-order valence-electron chi connectivity index (χ3n) is 2.52. The fraction of sp³-hybridized carbons (Fsp3) is 0.143. The molecule has 20 heavy (non-hydrogen) atoms. The van der Waals surface area contributed by atoms with Gasteiger partial charge < -0.3 is 9.84 Å². The van der Waals surface area contributed by atoms with Gasteiger partial charge in [-0.1, -0.05) is 18.2 Å². The number of ether oxygens (including phenoxy) is 1. The molecule has 0 saturated heterocycles. The number of hydrogen-bond acceptors (Lipinski definition) is 4. The van der Waals surface area contributed by atoms with Crippen LogP contribution in [0.3, 0.4) is 0 Å². The van der Waals surface area contributed by atoms with Crippen LogP contribution in [0.4, 0.5) is 0 Å². The SMILES string of the molecule is CC(NS(=O)(=O)c1ccc(O)cc1)Oc1ccccc1. The summed E-state index contributed by atoms with van der Waals surface area (Å²) >= 11 is 0. The molecule has 0 radical (unpaired) electrons. The van der Waals surface area contributed by atoms with E-state index in [1.165, 1.54) is 24.3 Å². The lowest BCUT2D eigenvalue weighted by Crippen LogP contribution is -2.36. The highest BCUT2D eigenvalue weighted by molar-refractivity contribution is 7.89. The molecule has 1 atom stereocenters. The molecule has 0 aliphatic rings. The fourth-order valence-corrected chi connectivity index (χ4v) is 2.75. The highest BCUT2D eigenvalue weighted by Gasteiger charge is 2.18. The van der Waals surface area contributed by atoms with Gasteiger partial charge in [0.15, 0.2) is 6.23 Å². The number of rotatable bonds is 5. The number of phenols is 1. The number of sulfonamides is 1. The first-order chi connectivity index (χ1) is 9.47. The number of para-hydroxylation sites is 1. The third kappa shape index (κ3) is 3.72. The van der Waals surface area contributed by atoms with Gasteiger partial charge in [-0.05, 0) is 43.3 Å². The quantitative estimate of drug-likeness (QED) is 0.828. The van der Waals surface area contributed by atoms with Gasteiger partial charge in [0.2, 0.25) is 10.0 Å². The van der Waals surface area contributed by atoms with E-state index in [0.29, 0.717) is 5.75 Å². The number of aromatic hydroxyl groups is 1. The highest BCUT2D eigenvalue weighted by atomic mass is 32.2. The van der Waals surface area contributed by atoms with Crippen LogP contribution in [-0.4, -0.2) is 19.8 Å². The predicted octanol–water partition coefficient (Wildman–Crippen LogP) is 2.10. The zero-order valence-electron chi connectivity index (χ0n) is 10.9. The van der Waals surface area contributed by atoms with E-state index in [2.05, 4.69) is 4.72 Å². The molecule has 2 rings (SSSR count).